The quantitative estimate of drug-likeness (QED) is 0.558. The minimum Gasteiger partial charge on any atom is -0.485 e. The van der Waals surface area contributed by atoms with Crippen LogP contribution in [-0.4, -0.2) is 48.5 Å². The minimum absolute atomic E-state index is 0.0623. The van der Waals surface area contributed by atoms with Crippen molar-refractivity contribution in [3.63, 3.8) is 0 Å². The number of carbonyl (C=O) groups excluding carboxylic acids is 2. The average Bonchev–Trinajstić information content (AvgIpc) is 3.55. The Morgan fingerprint density at radius 1 is 1.29 bits per heavy atom. The van der Waals surface area contributed by atoms with Crippen molar-refractivity contribution >= 4 is 12.2 Å². The Bertz CT molecular complexity index is 1090. The number of methoxy groups -OCH3 is 1. The minimum atomic E-state index is -0.802. The molecule has 7 aliphatic rings. The average molecular weight is 420 g/mol. The summed E-state index contributed by atoms with van der Waals surface area (Å²) in [4.78, 5) is 28.2. The molecule has 0 radical (unpaired) electrons. The number of fused-ring (bicyclic) bond motifs is 1. The lowest BCUT2D eigenvalue weighted by Gasteiger charge is -2.72. The standard InChI is InChI=1S/C26H29NO4/c1-15-4-5-17-12-18-24-8-9-26(30-3,23(2,13-24)14-28)22-25(24,19(17)20(15)31-22)10-11-27(18)21(29)16-6-7-16/h4-5,8-9,14,16,18,22H,6-7,10-13H2,1-3H3/t18-,22-,23-,24?,25+,26+/m1/s1. The van der Waals surface area contributed by atoms with Crippen molar-refractivity contribution < 1.29 is 19.1 Å². The Labute approximate surface area is 182 Å². The van der Waals surface area contributed by atoms with E-state index in [0.717, 1.165) is 49.8 Å². The van der Waals surface area contributed by atoms with E-state index in [4.69, 9.17) is 9.47 Å². The monoisotopic (exact) mass is 419 g/mol. The third-order valence-electron chi connectivity index (χ3n) is 9.91. The van der Waals surface area contributed by atoms with Crippen LogP contribution in [-0.2, 0) is 26.2 Å². The molecule has 31 heavy (non-hydrogen) atoms. The molecule has 8 rings (SSSR count). The van der Waals surface area contributed by atoms with Crippen LogP contribution in [0.4, 0.5) is 0 Å². The van der Waals surface area contributed by atoms with E-state index in [1.54, 1.807) is 7.11 Å². The van der Waals surface area contributed by atoms with Gasteiger partial charge in [0, 0.05) is 36.6 Å². The molecule has 1 amide bonds. The van der Waals surface area contributed by atoms with E-state index in [-0.39, 0.29) is 28.9 Å². The van der Waals surface area contributed by atoms with Gasteiger partial charge in [-0.05, 0) is 57.1 Å². The summed E-state index contributed by atoms with van der Waals surface area (Å²) in [5.41, 5.74) is 1.73. The maximum Gasteiger partial charge on any atom is 0.225 e. The second-order valence-electron chi connectivity index (χ2n) is 11.1. The Hall–Kier alpha value is -2.14. The maximum absolute atomic E-state index is 13.4. The number of rotatable bonds is 3. The summed E-state index contributed by atoms with van der Waals surface area (Å²) < 4.78 is 13.1. The lowest BCUT2D eigenvalue weighted by Crippen LogP contribution is -2.81. The zero-order valence-electron chi connectivity index (χ0n) is 18.4. The van der Waals surface area contributed by atoms with Gasteiger partial charge in [0.25, 0.3) is 0 Å². The zero-order valence-corrected chi connectivity index (χ0v) is 18.4. The molecule has 5 heteroatoms. The topological polar surface area (TPSA) is 55.8 Å². The first-order chi connectivity index (χ1) is 14.9. The van der Waals surface area contributed by atoms with Crippen LogP contribution in [0.5, 0.6) is 5.75 Å². The first-order valence-corrected chi connectivity index (χ1v) is 11.7. The predicted octanol–water partition coefficient (Wildman–Crippen LogP) is 3.11. The van der Waals surface area contributed by atoms with Gasteiger partial charge < -0.3 is 19.2 Å². The van der Waals surface area contributed by atoms with E-state index in [2.05, 4.69) is 36.1 Å². The van der Waals surface area contributed by atoms with Crippen molar-refractivity contribution in [3.8, 4) is 5.75 Å². The third kappa shape index (κ3) is 1.69. The highest BCUT2D eigenvalue weighted by Crippen LogP contribution is 2.76. The second kappa shape index (κ2) is 5.25. The molecule has 1 aromatic carbocycles. The Kier molecular flexibility index (Phi) is 3.12. The molecule has 3 fully saturated rings. The fourth-order valence-corrected chi connectivity index (χ4v) is 8.40. The van der Waals surface area contributed by atoms with Gasteiger partial charge in [-0.1, -0.05) is 24.3 Å². The van der Waals surface area contributed by atoms with Gasteiger partial charge in [0.05, 0.1) is 10.8 Å². The SMILES string of the molecule is CO[C@]12C=CC3(C[C@]1(C)C=O)[C@H]1Cc4ccc(C)c5c4[C@@]3(CCN1C(=O)C1CC1)[C@H]2O5. The molecule has 2 saturated carbocycles. The van der Waals surface area contributed by atoms with E-state index in [9.17, 15) is 9.59 Å². The molecule has 1 aromatic rings. The highest BCUT2D eigenvalue weighted by molar-refractivity contribution is 5.83. The van der Waals surface area contributed by atoms with Crippen LogP contribution in [0.3, 0.4) is 0 Å². The van der Waals surface area contributed by atoms with Gasteiger partial charge in [0.15, 0.2) is 0 Å². The van der Waals surface area contributed by atoms with Gasteiger partial charge in [0.1, 0.15) is 23.7 Å². The van der Waals surface area contributed by atoms with E-state index in [1.807, 2.05) is 6.92 Å². The molecule has 2 spiro atoms. The number of hydrogen-bond donors (Lipinski definition) is 0. The van der Waals surface area contributed by atoms with E-state index in [1.165, 1.54) is 11.1 Å². The number of benzene rings is 1. The number of likely N-dealkylation sites (tertiary alicyclic amines) is 1. The van der Waals surface area contributed by atoms with Crippen molar-refractivity contribution in [2.24, 2.45) is 16.7 Å². The number of carbonyl (C=O) groups is 2. The van der Waals surface area contributed by atoms with Crippen LogP contribution in [0.1, 0.15) is 49.3 Å². The van der Waals surface area contributed by atoms with Gasteiger partial charge in [-0.2, -0.15) is 0 Å². The summed E-state index contributed by atoms with van der Waals surface area (Å²) in [6, 6.07) is 4.46. The molecule has 1 saturated heterocycles. The predicted molar refractivity (Wildman–Crippen MR) is 114 cm³/mol. The summed E-state index contributed by atoms with van der Waals surface area (Å²) in [6.07, 6.45) is 9.71. The zero-order chi connectivity index (χ0) is 21.4. The normalized spacial score (nSPS) is 45.3. The van der Waals surface area contributed by atoms with Crippen LogP contribution in [0.15, 0.2) is 24.3 Å². The number of hydrogen-bond acceptors (Lipinski definition) is 4. The fourth-order valence-electron chi connectivity index (χ4n) is 8.40. The molecule has 6 atom stereocenters. The van der Waals surface area contributed by atoms with E-state index < -0.39 is 11.0 Å². The van der Waals surface area contributed by atoms with E-state index in [0.29, 0.717) is 12.3 Å². The number of nitrogens with zero attached hydrogens (tertiary/aromatic N) is 1. The number of aryl methyl sites for hydroxylation is 1. The summed E-state index contributed by atoms with van der Waals surface area (Å²) in [5.74, 6) is 1.51. The number of amides is 1. The Morgan fingerprint density at radius 3 is 2.81 bits per heavy atom. The van der Waals surface area contributed by atoms with Crippen molar-refractivity contribution in [2.75, 3.05) is 13.7 Å². The third-order valence-corrected chi connectivity index (χ3v) is 9.91. The van der Waals surface area contributed by atoms with Crippen LogP contribution in [0.2, 0.25) is 0 Å². The Balaban J connectivity index is 1.55. The molecular formula is C26H29NO4. The molecule has 2 heterocycles. The first-order valence-electron chi connectivity index (χ1n) is 11.7. The molecule has 2 aliphatic heterocycles. The summed E-state index contributed by atoms with van der Waals surface area (Å²) in [6.45, 7) is 4.90. The van der Waals surface area contributed by atoms with Crippen molar-refractivity contribution in [1.82, 2.24) is 4.90 Å². The molecule has 5 nitrogen and oxygen atoms in total. The van der Waals surface area contributed by atoms with Gasteiger partial charge in [-0.15, -0.1) is 0 Å². The van der Waals surface area contributed by atoms with Gasteiger partial charge in [-0.3, -0.25) is 4.79 Å². The van der Waals surface area contributed by atoms with Crippen LogP contribution in [0, 0.1) is 23.7 Å². The van der Waals surface area contributed by atoms with E-state index >= 15 is 0 Å². The summed E-state index contributed by atoms with van der Waals surface area (Å²) in [5, 5.41) is 0. The first kappa shape index (κ1) is 18.4. The smallest absolute Gasteiger partial charge is 0.225 e. The largest absolute Gasteiger partial charge is 0.485 e. The van der Waals surface area contributed by atoms with Gasteiger partial charge >= 0.3 is 0 Å². The lowest BCUT2D eigenvalue weighted by atomic mass is 9.34. The maximum atomic E-state index is 13.4. The summed E-state index contributed by atoms with van der Waals surface area (Å²) >= 11 is 0. The molecule has 5 aliphatic carbocycles. The highest BCUT2D eigenvalue weighted by atomic mass is 16.6. The van der Waals surface area contributed by atoms with Crippen LogP contribution < -0.4 is 4.74 Å². The number of piperidine rings is 1. The molecule has 4 bridgehead atoms. The van der Waals surface area contributed by atoms with Gasteiger partial charge in [-0.25, -0.2) is 0 Å². The summed E-state index contributed by atoms with van der Waals surface area (Å²) in [7, 11) is 1.72. The van der Waals surface area contributed by atoms with Gasteiger partial charge in [0.2, 0.25) is 5.91 Å². The second-order valence-corrected chi connectivity index (χ2v) is 11.1. The highest BCUT2D eigenvalue weighted by Gasteiger charge is 2.82. The van der Waals surface area contributed by atoms with Crippen molar-refractivity contribution in [1.29, 1.82) is 0 Å². The number of aldehydes is 1. The van der Waals surface area contributed by atoms with Crippen molar-refractivity contribution in [3.05, 3.63) is 41.0 Å². The van der Waals surface area contributed by atoms with Crippen LogP contribution in [0.25, 0.3) is 0 Å². The fraction of sp³-hybridized carbons (Fsp3) is 0.615. The molecule has 0 aromatic heterocycles. The molecule has 0 N–H and O–H groups in total. The van der Waals surface area contributed by atoms with Crippen LogP contribution >= 0.6 is 0 Å². The molecule has 162 valence electrons. The van der Waals surface area contributed by atoms with Crippen molar-refractivity contribution in [2.45, 2.75) is 69.1 Å². The molecular weight excluding hydrogens is 390 g/mol. The lowest BCUT2D eigenvalue weighted by molar-refractivity contribution is -0.236. The molecule has 1 unspecified atom stereocenters. The number of ether oxygens (including phenoxy) is 2. The Morgan fingerprint density at radius 2 is 2.10 bits per heavy atom.